The Morgan fingerprint density at radius 1 is 1.07 bits per heavy atom. The van der Waals surface area contributed by atoms with E-state index in [9.17, 15) is 9.59 Å². The van der Waals surface area contributed by atoms with Crippen LogP contribution in [0.5, 0.6) is 0 Å². The largest absolute Gasteiger partial charge is 0.452 e. The first-order chi connectivity index (χ1) is 13.4. The van der Waals surface area contributed by atoms with E-state index < -0.39 is 5.97 Å². The van der Waals surface area contributed by atoms with E-state index in [2.05, 4.69) is 15.6 Å². The number of fused-ring (bicyclic) bond motifs is 1. The second kappa shape index (κ2) is 8.65. The third-order valence-electron chi connectivity index (χ3n) is 4.67. The molecule has 0 aliphatic heterocycles. The fraction of sp³-hybridized carbons (Fsp3) is 0.333. The van der Waals surface area contributed by atoms with Crippen LogP contribution in [0.2, 0.25) is 0 Å². The van der Waals surface area contributed by atoms with Gasteiger partial charge in [0.2, 0.25) is 0 Å². The molecule has 3 aromatic rings. The lowest BCUT2D eigenvalue weighted by atomic mass is 10.1. The zero-order valence-corrected chi connectivity index (χ0v) is 16.3. The summed E-state index contributed by atoms with van der Waals surface area (Å²) in [6, 6.07) is 14.8. The molecule has 7 nitrogen and oxygen atoms in total. The number of benzene rings is 2. The Balaban J connectivity index is 1.56. The summed E-state index contributed by atoms with van der Waals surface area (Å²) in [5.74, 6) is -0.511. The number of esters is 1. The van der Waals surface area contributed by atoms with Crippen molar-refractivity contribution in [3.8, 4) is 0 Å². The van der Waals surface area contributed by atoms with Crippen LogP contribution >= 0.6 is 0 Å². The van der Waals surface area contributed by atoms with Gasteiger partial charge in [-0.1, -0.05) is 43.3 Å². The first-order valence-corrected chi connectivity index (χ1v) is 9.27. The molecule has 0 bridgehead atoms. The predicted octanol–water partition coefficient (Wildman–Crippen LogP) is 2.80. The monoisotopic (exact) mass is 380 g/mol. The Morgan fingerprint density at radius 2 is 1.79 bits per heavy atom. The van der Waals surface area contributed by atoms with Crippen molar-refractivity contribution >= 4 is 22.9 Å². The molecule has 7 heteroatoms. The molecule has 28 heavy (non-hydrogen) atoms. The van der Waals surface area contributed by atoms with Crippen molar-refractivity contribution < 1.29 is 14.3 Å². The van der Waals surface area contributed by atoms with Gasteiger partial charge < -0.3 is 10.1 Å². The number of hydrogen-bond donors (Lipinski definition) is 1. The maximum atomic E-state index is 12.1. The van der Waals surface area contributed by atoms with Crippen LogP contribution in [0.4, 0.5) is 0 Å². The molecule has 146 valence electrons. The number of hydrogen-bond acceptors (Lipinski definition) is 5. The van der Waals surface area contributed by atoms with Crippen molar-refractivity contribution in [1.82, 2.24) is 20.3 Å². The summed E-state index contributed by atoms with van der Waals surface area (Å²) in [4.78, 5) is 24.0. The number of nitrogens with zero attached hydrogens (tertiary/aromatic N) is 3. The summed E-state index contributed by atoms with van der Waals surface area (Å²) < 4.78 is 6.90. The molecule has 0 fully saturated rings. The van der Waals surface area contributed by atoms with E-state index in [4.69, 9.17) is 4.74 Å². The van der Waals surface area contributed by atoms with Gasteiger partial charge in [0, 0.05) is 6.04 Å². The molecule has 0 aliphatic carbocycles. The van der Waals surface area contributed by atoms with Gasteiger partial charge >= 0.3 is 5.97 Å². The summed E-state index contributed by atoms with van der Waals surface area (Å²) in [6.45, 7) is 6.20. The zero-order chi connectivity index (χ0) is 20.1. The minimum Gasteiger partial charge on any atom is -0.452 e. The van der Waals surface area contributed by atoms with Crippen LogP contribution in [0, 0.1) is 5.92 Å². The minimum absolute atomic E-state index is 0.0263. The molecule has 0 saturated heterocycles. The van der Waals surface area contributed by atoms with Gasteiger partial charge in [-0.15, -0.1) is 5.10 Å². The van der Waals surface area contributed by atoms with E-state index in [1.54, 1.807) is 12.1 Å². The van der Waals surface area contributed by atoms with Gasteiger partial charge in [-0.05, 0) is 42.7 Å². The minimum atomic E-state index is -0.523. The van der Waals surface area contributed by atoms with E-state index in [1.807, 2.05) is 61.9 Å². The summed E-state index contributed by atoms with van der Waals surface area (Å²) >= 11 is 0. The van der Waals surface area contributed by atoms with Crippen LogP contribution < -0.4 is 5.32 Å². The molecule has 0 radical (unpaired) electrons. The van der Waals surface area contributed by atoms with Gasteiger partial charge in [-0.2, -0.15) is 0 Å². The molecule has 1 aromatic heterocycles. The van der Waals surface area contributed by atoms with Crippen LogP contribution in [0.1, 0.15) is 36.7 Å². The maximum absolute atomic E-state index is 12.1. The molecule has 0 aliphatic rings. The summed E-state index contributed by atoms with van der Waals surface area (Å²) in [5.41, 5.74) is 3.17. The quantitative estimate of drug-likeness (QED) is 0.637. The standard InChI is InChI=1S/C21H24N4O3/c1-14(2)15(3)22-20(26)13-28-21(27)17-10-8-16(9-11-17)12-25-19-7-5-4-6-18(19)23-24-25/h4-11,14-15H,12-13H2,1-3H3,(H,22,26)/t15-/m0/s1. The average molecular weight is 380 g/mol. The van der Waals surface area contributed by atoms with Crippen LogP contribution in [0.3, 0.4) is 0 Å². The zero-order valence-electron chi connectivity index (χ0n) is 16.3. The van der Waals surface area contributed by atoms with E-state index in [0.717, 1.165) is 16.6 Å². The van der Waals surface area contributed by atoms with Gasteiger partial charge in [0.25, 0.3) is 5.91 Å². The van der Waals surface area contributed by atoms with Crippen LogP contribution in [-0.4, -0.2) is 39.5 Å². The number of ether oxygens (including phenoxy) is 1. The van der Waals surface area contributed by atoms with Gasteiger partial charge in [-0.3, -0.25) is 4.79 Å². The molecule has 1 heterocycles. The Morgan fingerprint density at radius 3 is 2.50 bits per heavy atom. The summed E-state index contributed by atoms with van der Waals surface area (Å²) in [6.07, 6.45) is 0. The molecule has 3 rings (SSSR count). The number of rotatable bonds is 7. The Bertz CT molecular complexity index is 963. The lowest BCUT2D eigenvalue weighted by Gasteiger charge is -2.17. The molecule has 1 atom stereocenters. The lowest BCUT2D eigenvalue weighted by molar-refractivity contribution is -0.125. The normalized spacial score (nSPS) is 12.1. The highest BCUT2D eigenvalue weighted by atomic mass is 16.5. The highest BCUT2D eigenvalue weighted by molar-refractivity contribution is 5.91. The van der Waals surface area contributed by atoms with E-state index >= 15 is 0 Å². The van der Waals surface area contributed by atoms with Crippen LogP contribution in [0.25, 0.3) is 11.0 Å². The average Bonchev–Trinajstić information content (AvgIpc) is 3.09. The molecule has 0 spiro atoms. The van der Waals surface area contributed by atoms with Crippen molar-refractivity contribution in [3.05, 3.63) is 59.7 Å². The van der Waals surface area contributed by atoms with Crippen LogP contribution in [-0.2, 0) is 16.1 Å². The highest BCUT2D eigenvalue weighted by Gasteiger charge is 2.14. The molecule has 1 amide bonds. The third-order valence-corrected chi connectivity index (χ3v) is 4.67. The van der Waals surface area contributed by atoms with E-state index in [-0.39, 0.29) is 18.6 Å². The maximum Gasteiger partial charge on any atom is 0.338 e. The second-order valence-corrected chi connectivity index (χ2v) is 7.11. The van der Waals surface area contributed by atoms with Gasteiger partial charge in [-0.25, -0.2) is 9.48 Å². The molecule has 0 unspecified atom stereocenters. The Kier molecular flexibility index (Phi) is 6.03. The number of nitrogens with one attached hydrogen (secondary N) is 1. The van der Waals surface area contributed by atoms with Crippen molar-refractivity contribution in [2.45, 2.75) is 33.4 Å². The van der Waals surface area contributed by atoms with Crippen molar-refractivity contribution in [2.75, 3.05) is 6.61 Å². The molecule has 2 aromatic carbocycles. The SMILES string of the molecule is CC(C)[C@H](C)NC(=O)COC(=O)c1ccc(Cn2nnc3ccccc32)cc1. The highest BCUT2D eigenvalue weighted by Crippen LogP contribution is 2.13. The van der Waals surface area contributed by atoms with Crippen molar-refractivity contribution in [3.63, 3.8) is 0 Å². The van der Waals surface area contributed by atoms with Gasteiger partial charge in [0.1, 0.15) is 5.52 Å². The first kappa shape index (κ1) is 19.5. The predicted molar refractivity (Wildman–Crippen MR) is 106 cm³/mol. The summed E-state index contributed by atoms with van der Waals surface area (Å²) in [5, 5.41) is 11.1. The first-order valence-electron chi connectivity index (χ1n) is 9.27. The second-order valence-electron chi connectivity index (χ2n) is 7.11. The van der Waals surface area contributed by atoms with E-state index in [1.165, 1.54) is 0 Å². The fourth-order valence-corrected chi connectivity index (χ4v) is 2.63. The topological polar surface area (TPSA) is 86.1 Å². The smallest absolute Gasteiger partial charge is 0.338 e. The van der Waals surface area contributed by atoms with Crippen molar-refractivity contribution in [1.29, 1.82) is 0 Å². The van der Waals surface area contributed by atoms with Crippen molar-refractivity contribution in [2.24, 2.45) is 5.92 Å². The molecular weight excluding hydrogens is 356 g/mol. The summed E-state index contributed by atoms with van der Waals surface area (Å²) in [7, 11) is 0. The molecule has 1 N–H and O–H groups in total. The third kappa shape index (κ3) is 4.73. The number of amides is 1. The molecule has 0 saturated carbocycles. The fourth-order valence-electron chi connectivity index (χ4n) is 2.63. The molecular formula is C21H24N4O3. The van der Waals surface area contributed by atoms with E-state index in [0.29, 0.717) is 18.0 Å². The Labute approximate surface area is 163 Å². The number of aromatic nitrogens is 3. The number of carbonyl (C=O) groups is 2. The van der Waals surface area contributed by atoms with Gasteiger partial charge in [0.15, 0.2) is 6.61 Å². The van der Waals surface area contributed by atoms with Crippen LogP contribution in [0.15, 0.2) is 48.5 Å². The number of carbonyl (C=O) groups excluding carboxylic acids is 2. The number of para-hydroxylation sites is 1. The lowest BCUT2D eigenvalue weighted by Crippen LogP contribution is -2.38. The van der Waals surface area contributed by atoms with Gasteiger partial charge in [0.05, 0.1) is 17.6 Å². The Hall–Kier alpha value is -3.22.